The topological polar surface area (TPSA) is 67.8 Å². The van der Waals surface area contributed by atoms with Gasteiger partial charge in [-0.15, -0.1) is 24.0 Å². The van der Waals surface area contributed by atoms with Crippen LogP contribution in [0.3, 0.4) is 0 Å². The molecule has 7 heteroatoms. The van der Waals surface area contributed by atoms with Crippen LogP contribution >= 0.6 is 24.0 Å². The fraction of sp³-hybridized carbons (Fsp3) is 0.478. The van der Waals surface area contributed by atoms with Crippen molar-refractivity contribution in [1.29, 1.82) is 0 Å². The molecular weight excluding hydrogens is 491 g/mol. The summed E-state index contributed by atoms with van der Waals surface area (Å²) in [6.07, 6.45) is 2.78. The van der Waals surface area contributed by atoms with Crippen molar-refractivity contribution in [2.24, 2.45) is 4.99 Å². The number of nitrogens with one attached hydrogen (secondary N) is 2. The maximum absolute atomic E-state index is 5.75. The molecule has 0 amide bonds. The third-order valence-corrected chi connectivity index (χ3v) is 4.41. The van der Waals surface area contributed by atoms with Gasteiger partial charge in [-0.25, -0.2) is 0 Å². The SMILES string of the molecule is CCNC(=NCCc1ccc(C)nc1)NC(C)c1ccc(OCC)c(OCC)c1.I. The standard InChI is InChI=1S/C23H34N4O2.HI/c1-6-24-23(25-14-13-19-10-9-17(4)26-16-19)27-18(5)20-11-12-21(28-7-2)22(15-20)29-8-3;/h9-12,15-16,18H,6-8,13-14H2,1-5H3,(H2,24,25,27);1H. The Bertz CT molecular complexity index is 781. The predicted molar refractivity (Wildman–Crippen MR) is 134 cm³/mol. The molecule has 1 aromatic carbocycles. The highest BCUT2D eigenvalue weighted by molar-refractivity contribution is 14.0. The summed E-state index contributed by atoms with van der Waals surface area (Å²) < 4.78 is 11.4. The highest BCUT2D eigenvalue weighted by Gasteiger charge is 2.12. The monoisotopic (exact) mass is 526 g/mol. The Kier molecular flexibility index (Phi) is 12.2. The molecule has 0 radical (unpaired) electrons. The molecule has 0 fully saturated rings. The van der Waals surface area contributed by atoms with Crippen LogP contribution in [0.4, 0.5) is 0 Å². The summed E-state index contributed by atoms with van der Waals surface area (Å²) in [7, 11) is 0. The van der Waals surface area contributed by atoms with Gasteiger partial charge in [0.05, 0.1) is 19.3 Å². The van der Waals surface area contributed by atoms with Crippen LogP contribution in [0, 0.1) is 6.92 Å². The molecule has 1 atom stereocenters. The first-order valence-corrected chi connectivity index (χ1v) is 10.4. The van der Waals surface area contributed by atoms with Crippen molar-refractivity contribution in [2.75, 3.05) is 26.3 Å². The van der Waals surface area contributed by atoms with Crippen molar-refractivity contribution >= 4 is 29.9 Å². The first kappa shape index (κ1) is 26.0. The molecule has 1 aromatic heterocycles. The zero-order valence-corrected chi connectivity index (χ0v) is 21.0. The normalized spacial score (nSPS) is 12.0. The lowest BCUT2D eigenvalue weighted by molar-refractivity contribution is 0.287. The largest absolute Gasteiger partial charge is 0.490 e. The van der Waals surface area contributed by atoms with E-state index in [2.05, 4.69) is 41.6 Å². The second-order valence-corrected chi connectivity index (χ2v) is 6.76. The molecule has 0 aliphatic rings. The molecular formula is C23H35IN4O2. The molecule has 2 rings (SSSR count). The van der Waals surface area contributed by atoms with Gasteiger partial charge in [0.1, 0.15) is 0 Å². The van der Waals surface area contributed by atoms with Crippen molar-refractivity contribution in [1.82, 2.24) is 15.6 Å². The summed E-state index contributed by atoms with van der Waals surface area (Å²) in [6, 6.07) is 10.3. The zero-order chi connectivity index (χ0) is 21.1. The van der Waals surface area contributed by atoms with Crippen molar-refractivity contribution < 1.29 is 9.47 Å². The molecule has 2 N–H and O–H groups in total. The second kappa shape index (κ2) is 14.1. The van der Waals surface area contributed by atoms with Gasteiger partial charge in [-0.2, -0.15) is 0 Å². The van der Waals surface area contributed by atoms with Crippen LogP contribution < -0.4 is 20.1 Å². The van der Waals surface area contributed by atoms with Crippen LogP contribution in [-0.2, 0) is 6.42 Å². The number of pyridine rings is 1. The number of hydrogen-bond acceptors (Lipinski definition) is 4. The third-order valence-electron chi connectivity index (χ3n) is 4.41. The summed E-state index contributed by atoms with van der Waals surface area (Å²) in [4.78, 5) is 9.06. The van der Waals surface area contributed by atoms with E-state index in [9.17, 15) is 0 Å². The van der Waals surface area contributed by atoms with E-state index in [4.69, 9.17) is 14.5 Å². The second-order valence-electron chi connectivity index (χ2n) is 6.76. The van der Waals surface area contributed by atoms with Crippen molar-refractivity contribution in [3.05, 3.63) is 53.3 Å². The lowest BCUT2D eigenvalue weighted by Crippen LogP contribution is -2.38. The van der Waals surface area contributed by atoms with Crippen molar-refractivity contribution in [2.45, 2.75) is 47.1 Å². The minimum absolute atomic E-state index is 0. The number of benzene rings is 1. The highest BCUT2D eigenvalue weighted by Crippen LogP contribution is 2.30. The van der Waals surface area contributed by atoms with Gasteiger partial charge in [0, 0.05) is 25.0 Å². The van der Waals surface area contributed by atoms with Gasteiger partial charge in [-0.05, 0) is 70.4 Å². The van der Waals surface area contributed by atoms with Crippen molar-refractivity contribution in [3.8, 4) is 11.5 Å². The van der Waals surface area contributed by atoms with E-state index in [1.54, 1.807) is 0 Å². The summed E-state index contributed by atoms with van der Waals surface area (Å²) >= 11 is 0. The summed E-state index contributed by atoms with van der Waals surface area (Å²) in [5.41, 5.74) is 3.34. The molecule has 0 bridgehead atoms. The first-order chi connectivity index (χ1) is 14.1. The minimum Gasteiger partial charge on any atom is -0.490 e. The molecule has 0 saturated carbocycles. The Hall–Kier alpha value is -2.03. The third kappa shape index (κ3) is 8.38. The highest BCUT2D eigenvalue weighted by atomic mass is 127. The molecule has 1 heterocycles. The van der Waals surface area contributed by atoms with E-state index in [0.717, 1.165) is 41.7 Å². The quantitative estimate of drug-likeness (QED) is 0.268. The average Bonchev–Trinajstić information content (AvgIpc) is 2.71. The number of rotatable bonds is 10. The van der Waals surface area contributed by atoms with Gasteiger partial charge in [0.2, 0.25) is 0 Å². The maximum Gasteiger partial charge on any atom is 0.191 e. The van der Waals surface area contributed by atoms with Gasteiger partial charge in [0.25, 0.3) is 0 Å². The Morgan fingerprint density at radius 3 is 2.43 bits per heavy atom. The average molecular weight is 526 g/mol. The molecule has 166 valence electrons. The molecule has 1 unspecified atom stereocenters. The number of halogens is 1. The van der Waals surface area contributed by atoms with Crippen LogP contribution in [0.5, 0.6) is 11.5 Å². The van der Waals surface area contributed by atoms with E-state index in [1.165, 1.54) is 5.56 Å². The van der Waals surface area contributed by atoms with Crippen LogP contribution in [-0.4, -0.2) is 37.2 Å². The van der Waals surface area contributed by atoms with Crippen LogP contribution in [0.25, 0.3) is 0 Å². The smallest absolute Gasteiger partial charge is 0.191 e. The van der Waals surface area contributed by atoms with E-state index in [0.29, 0.717) is 19.8 Å². The fourth-order valence-corrected chi connectivity index (χ4v) is 2.89. The van der Waals surface area contributed by atoms with E-state index >= 15 is 0 Å². The van der Waals surface area contributed by atoms with Gasteiger partial charge < -0.3 is 20.1 Å². The lowest BCUT2D eigenvalue weighted by Gasteiger charge is -2.20. The Morgan fingerprint density at radius 2 is 1.80 bits per heavy atom. The van der Waals surface area contributed by atoms with E-state index in [-0.39, 0.29) is 30.0 Å². The lowest BCUT2D eigenvalue weighted by atomic mass is 10.1. The molecule has 0 spiro atoms. The maximum atomic E-state index is 5.75. The number of nitrogens with zero attached hydrogens (tertiary/aromatic N) is 2. The van der Waals surface area contributed by atoms with E-state index in [1.807, 2.05) is 45.2 Å². The van der Waals surface area contributed by atoms with Gasteiger partial charge in [-0.3, -0.25) is 9.98 Å². The molecule has 6 nitrogen and oxygen atoms in total. The van der Waals surface area contributed by atoms with Crippen LogP contribution in [0.2, 0.25) is 0 Å². The summed E-state index contributed by atoms with van der Waals surface area (Å²) in [5.74, 6) is 2.35. The molecule has 2 aromatic rings. The van der Waals surface area contributed by atoms with Gasteiger partial charge in [-0.1, -0.05) is 12.1 Å². The summed E-state index contributed by atoms with van der Waals surface area (Å²) in [5, 5.41) is 6.79. The van der Waals surface area contributed by atoms with Gasteiger partial charge >= 0.3 is 0 Å². The molecule has 0 aliphatic carbocycles. The molecule has 30 heavy (non-hydrogen) atoms. The number of aromatic nitrogens is 1. The van der Waals surface area contributed by atoms with E-state index < -0.39 is 0 Å². The predicted octanol–water partition coefficient (Wildman–Crippen LogP) is 4.66. The minimum atomic E-state index is 0. The molecule has 0 aliphatic heterocycles. The van der Waals surface area contributed by atoms with Crippen LogP contribution in [0.15, 0.2) is 41.5 Å². The van der Waals surface area contributed by atoms with Gasteiger partial charge in [0.15, 0.2) is 17.5 Å². The zero-order valence-electron chi connectivity index (χ0n) is 18.7. The van der Waals surface area contributed by atoms with Crippen LogP contribution in [0.1, 0.15) is 50.6 Å². The van der Waals surface area contributed by atoms with Crippen molar-refractivity contribution in [3.63, 3.8) is 0 Å². The number of guanidine groups is 1. The fourth-order valence-electron chi connectivity index (χ4n) is 2.89. The number of aryl methyl sites for hydroxylation is 1. The number of ether oxygens (including phenoxy) is 2. The summed E-state index contributed by atoms with van der Waals surface area (Å²) in [6.45, 7) is 12.8. The Labute approximate surface area is 197 Å². The number of aliphatic imine (C=N–C) groups is 1. The number of hydrogen-bond donors (Lipinski definition) is 2. The molecule has 0 saturated heterocycles. The Morgan fingerprint density at radius 1 is 1.07 bits per heavy atom. The first-order valence-electron chi connectivity index (χ1n) is 10.4. The Balaban J connectivity index is 0.00000450.